The number of anilines is 1. The second kappa shape index (κ2) is 10.8. The van der Waals surface area contributed by atoms with Crippen LogP contribution in [-0.4, -0.2) is 37.4 Å². The number of ketones is 1. The van der Waals surface area contributed by atoms with Crippen molar-refractivity contribution in [1.82, 2.24) is 5.32 Å². The molecule has 1 heterocycles. The minimum absolute atomic E-state index is 0.0116. The van der Waals surface area contributed by atoms with E-state index < -0.39 is 11.8 Å². The fraction of sp³-hybridized carbons (Fsp3) is 0.208. The average molecular weight is 436 g/mol. The van der Waals surface area contributed by atoms with Crippen molar-refractivity contribution in [2.75, 3.05) is 25.1 Å². The van der Waals surface area contributed by atoms with E-state index in [2.05, 4.69) is 10.6 Å². The zero-order valence-corrected chi connectivity index (χ0v) is 17.8. The van der Waals surface area contributed by atoms with Crippen molar-refractivity contribution in [2.24, 2.45) is 0 Å². The second-order valence-corrected chi connectivity index (χ2v) is 6.67. The standard InChI is InChI=1S/C24H24N2O6/c1-3-25-20(27)15-31-18-12-10-16(11-13-18)14-19-22(28)21(24(29)30-4-2)23(32-19)26-17-8-6-5-7-9-17/h5-14,26H,3-4,15H2,1-2H3,(H,25,27)/b19-14-. The van der Waals surface area contributed by atoms with E-state index in [-0.39, 0.29) is 36.3 Å². The van der Waals surface area contributed by atoms with Gasteiger partial charge in [-0.2, -0.15) is 0 Å². The average Bonchev–Trinajstić information content (AvgIpc) is 3.09. The van der Waals surface area contributed by atoms with Crippen LogP contribution in [-0.2, 0) is 23.9 Å². The van der Waals surface area contributed by atoms with Gasteiger partial charge in [0.05, 0.1) is 6.61 Å². The first-order valence-electron chi connectivity index (χ1n) is 10.2. The Kier molecular flexibility index (Phi) is 7.64. The normalized spacial score (nSPS) is 14.2. The highest BCUT2D eigenvalue weighted by molar-refractivity contribution is 6.26. The SMILES string of the molecule is CCNC(=O)COc1ccc(/C=C2\OC(Nc3ccccc3)=C(C(=O)OCC)C2=O)cc1. The molecular weight excluding hydrogens is 412 g/mol. The number of nitrogens with one attached hydrogen (secondary N) is 2. The zero-order chi connectivity index (χ0) is 22.9. The van der Waals surface area contributed by atoms with E-state index in [1.54, 1.807) is 43.3 Å². The number of rotatable bonds is 9. The van der Waals surface area contributed by atoms with Crippen molar-refractivity contribution < 1.29 is 28.6 Å². The molecule has 0 aliphatic carbocycles. The Balaban J connectivity index is 1.76. The molecule has 2 aromatic rings. The monoisotopic (exact) mass is 436 g/mol. The minimum atomic E-state index is -0.756. The molecule has 32 heavy (non-hydrogen) atoms. The molecule has 0 atom stereocenters. The number of hydrogen-bond donors (Lipinski definition) is 2. The first-order chi connectivity index (χ1) is 15.5. The van der Waals surface area contributed by atoms with Crippen molar-refractivity contribution >= 4 is 29.4 Å². The summed E-state index contributed by atoms with van der Waals surface area (Å²) < 4.78 is 16.1. The number of carbonyl (C=O) groups is 3. The highest BCUT2D eigenvalue weighted by atomic mass is 16.5. The van der Waals surface area contributed by atoms with Crippen LogP contribution in [0.15, 0.2) is 71.8 Å². The smallest absolute Gasteiger partial charge is 0.347 e. The number of ether oxygens (including phenoxy) is 3. The summed E-state index contributed by atoms with van der Waals surface area (Å²) in [6.07, 6.45) is 1.52. The molecule has 0 spiro atoms. The van der Waals surface area contributed by atoms with Crippen molar-refractivity contribution in [1.29, 1.82) is 0 Å². The van der Waals surface area contributed by atoms with Crippen LogP contribution < -0.4 is 15.4 Å². The summed E-state index contributed by atoms with van der Waals surface area (Å²) in [5.74, 6) is -1.02. The van der Waals surface area contributed by atoms with Crippen molar-refractivity contribution in [3.8, 4) is 5.75 Å². The number of Topliss-reactive ketones (excluding diaryl/α,β-unsaturated/α-hetero) is 1. The first-order valence-corrected chi connectivity index (χ1v) is 10.2. The van der Waals surface area contributed by atoms with Gasteiger partial charge in [0.2, 0.25) is 11.7 Å². The summed E-state index contributed by atoms with van der Waals surface area (Å²) in [5.41, 5.74) is 1.12. The van der Waals surface area contributed by atoms with E-state index in [4.69, 9.17) is 14.2 Å². The number of carbonyl (C=O) groups excluding carboxylic acids is 3. The molecule has 1 aliphatic heterocycles. The molecule has 8 heteroatoms. The molecule has 0 saturated heterocycles. The van der Waals surface area contributed by atoms with Crippen LogP contribution in [0.25, 0.3) is 6.08 Å². The van der Waals surface area contributed by atoms with Gasteiger partial charge in [-0.15, -0.1) is 0 Å². The molecular formula is C24H24N2O6. The quantitative estimate of drug-likeness (QED) is 0.354. The minimum Gasteiger partial charge on any atom is -0.484 e. The third-order valence-corrected chi connectivity index (χ3v) is 4.32. The lowest BCUT2D eigenvalue weighted by Gasteiger charge is -2.08. The van der Waals surface area contributed by atoms with Gasteiger partial charge in [-0.05, 0) is 49.8 Å². The largest absolute Gasteiger partial charge is 0.484 e. The van der Waals surface area contributed by atoms with E-state index in [0.29, 0.717) is 23.5 Å². The Morgan fingerprint density at radius 2 is 1.75 bits per heavy atom. The number of likely N-dealkylation sites (N-methyl/N-ethyl adjacent to an activating group) is 1. The maximum Gasteiger partial charge on any atom is 0.347 e. The van der Waals surface area contributed by atoms with Gasteiger partial charge in [0, 0.05) is 12.2 Å². The molecule has 2 N–H and O–H groups in total. The lowest BCUT2D eigenvalue weighted by atomic mass is 10.1. The Bertz CT molecular complexity index is 1040. The third kappa shape index (κ3) is 5.75. The highest BCUT2D eigenvalue weighted by Crippen LogP contribution is 2.29. The molecule has 166 valence electrons. The fourth-order valence-electron chi connectivity index (χ4n) is 2.87. The highest BCUT2D eigenvalue weighted by Gasteiger charge is 2.36. The molecule has 0 bridgehead atoms. The molecule has 0 aromatic heterocycles. The molecule has 1 amide bonds. The predicted octanol–water partition coefficient (Wildman–Crippen LogP) is 3.03. The maximum atomic E-state index is 12.9. The number of esters is 1. The van der Waals surface area contributed by atoms with Crippen molar-refractivity contribution in [3.05, 3.63) is 77.4 Å². The predicted molar refractivity (Wildman–Crippen MR) is 118 cm³/mol. The Morgan fingerprint density at radius 3 is 2.41 bits per heavy atom. The Morgan fingerprint density at radius 1 is 1.03 bits per heavy atom. The van der Waals surface area contributed by atoms with Gasteiger partial charge in [0.25, 0.3) is 5.91 Å². The molecule has 2 aromatic carbocycles. The zero-order valence-electron chi connectivity index (χ0n) is 17.8. The van der Waals surface area contributed by atoms with Crippen molar-refractivity contribution in [2.45, 2.75) is 13.8 Å². The summed E-state index contributed by atoms with van der Waals surface area (Å²) in [4.78, 5) is 36.7. The van der Waals surface area contributed by atoms with Gasteiger partial charge in [0.15, 0.2) is 17.9 Å². The summed E-state index contributed by atoms with van der Waals surface area (Å²) in [6, 6.07) is 15.8. The molecule has 8 nitrogen and oxygen atoms in total. The number of hydrogen-bond acceptors (Lipinski definition) is 7. The lowest BCUT2D eigenvalue weighted by Crippen LogP contribution is -2.28. The number of amides is 1. The Hall–Kier alpha value is -4.07. The number of allylic oxidation sites excluding steroid dienone is 1. The summed E-state index contributed by atoms with van der Waals surface area (Å²) >= 11 is 0. The molecule has 1 aliphatic rings. The van der Waals surface area contributed by atoms with E-state index in [1.165, 1.54) is 6.08 Å². The first kappa shape index (κ1) is 22.6. The molecule has 3 rings (SSSR count). The third-order valence-electron chi connectivity index (χ3n) is 4.32. The second-order valence-electron chi connectivity index (χ2n) is 6.67. The van der Waals surface area contributed by atoms with Crippen LogP contribution in [0.4, 0.5) is 5.69 Å². The van der Waals surface area contributed by atoms with E-state index in [1.807, 2.05) is 25.1 Å². The van der Waals surface area contributed by atoms with Crippen LogP contribution in [0.2, 0.25) is 0 Å². The maximum absolute atomic E-state index is 12.9. The number of benzene rings is 2. The summed E-state index contributed by atoms with van der Waals surface area (Å²) in [5, 5.41) is 5.61. The molecule has 0 radical (unpaired) electrons. The van der Waals surface area contributed by atoms with Gasteiger partial charge in [0.1, 0.15) is 5.75 Å². The lowest BCUT2D eigenvalue weighted by molar-refractivity contribution is -0.139. The fourth-order valence-corrected chi connectivity index (χ4v) is 2.87. The van der Waals surface area contributed by atoms with E-state index in [9.17, 15) is 14.4 Å². The molecule has 0 fully saturated rings. The van der Waals surface area contributed by atoms with Gasteiger partial charge >= 0.3 is 5.97 Å². The van der Waals surface area contributed by atoms with E-state index >= 15 is 0 Å². The number of para-hydroxylation sites is 1. The summed E-state index contributed by atoms with van der Waals surface area (Å²) in [6.45, 7) is 4.07. The van der Waals surface area contributed by atoms with Crippen LogP contribution in [0.1, 0.15) is 19.4 Å². The van der Waals surface area contributed by atoms with Crippen molar-refractivity contribution in [3.63, 3.8) is 0 Å². The van der Waals surface area contributed by atoms with Gasteiger partial charge in [-0.3, -0.25) is 9.59 Å². The molecule has 0 saturated carbocycles. The van der Waals surface area contributed by atoms with Crippen LogP contribution in [0.5, 0.6) is 5.75 Å². The van der Waals surface area contributed by atoms with Crippen LogP contribution >= 0.6 is 0 Å². The summed E-state index contributed by atoms with van der Waals surface area (Å²) in [7, 11) is 0. The van der Waals surface area contributed by atoms with Gasteiger partial charge in [-0.1, -0.05) is 30.3 Å². The Labute approximate surface area is 185 Å². The van der Waals surface area contributed by atoms with Gasteiger partial charge in [-0.25, -0.2) is 4.79 Å². The van der Waals surface area contributed by atoms with E-state index in [0.717, 1.165) is 0 Å². The van der Waals surface area contributed by atoms with Crippen LogP contribution in [0.3, 0.4) is 0 Å². The van der Waals surface area contributed by atoms with Gasteiger partial charge < -0.3 is 24.8 Å². The topological polar surface area (TPSA) is 103 Å². The molecule has 0 unspecified atom stereocenters. The van der Waals surface area contributed by atoms with Crippen LogP contribution in [0, 0.1) is 0 Å².